The van der Waals surface area contributed by atoms with Gasteiger partial charge in [-0.25, -0.2) is 8.42 Å². The molecule has 0 aliphatic heterocycles. The van der Waals surface area contributed by atoms with Crippen molar-refractivity contribution in [2.75, 3.05) is 0 Å². The molecule has 0 radical (unpaired) electrons. The third-order valence-corrected chi connectivity index (χ3v) is 4.70. The quantitative estimate of drug-likeness (QED) is 0.829. The van der Waals surface area contributed by atoms with Crippen LogP contribution < -0.4 is 10.5 Å². The van der Waals surface area contributed by atoms with Gasteiger partial charge in [0.1, 0.15) is 0 Å². The lowest BCUT2D eigenvalue weighted by molar-refractivity contribution is 0.577. The molecule has 0 saturated heterocycles. The topological polar surface area (TPSA) is 72.2 Å². The zero-order valence-corrected chi connectivity index (χ0v) is 13.1. The molecule has 0 aromatic heterocycles. The predicted octanol–water partition coefficient (Wildman–Crippen LogP) is 2.30. The summed E-state index contributed by atoms with van der Waals surface area (Å²) in [5, 5.41) is 0. The lowest BCUT2D eigenvalue weighted by Gasteiger charge is -2.18. The van der Waals surface area contributed by atoms with E-state index in [1.807, 2.05) is 13.0 Å². The molecule has 0 amide bonds. The second-order valence-corrected chi connectivity index (χ2v) is 6.87. The molecule has 0 saturated carbocycles. The zero-order valence-electron chi connectivity index (χ0n) is 11.5. The largest absolute Gasteiger partial charge is 0.392 e. The van der Waals surface area contributed by atoms with E-state index < -0.39 is 16.1 Å². The number of hydrogen-bond acceptors (Lipinski definition) is 3. The maximum atomic E-state index is 12.4. The lowest BCUT2D eigenvalue weighted by Crippen LogP contribution is -2.36. The van der Waals surface area contributed by atoms with Crippen LogP contribution in [-0.2, 0) is 10.0 Å². The van der Waals surface area contributed by atoms with E-state index in [1.54, 1.807) is 48.5 Å². The SMILES string of the molecule is Cc1ccc(S(=O)(=O)NC(C(N)=S)c2ccccc2)cc1. The molecule has 4 nitrogen and oxygen atoms in total. The monoisotopic (exact) mass is 320 g/mol. The molecule has 0 aliphatic carbocycles. The molecule has 1 unspecified atom stereocenters. The van der Waals surface area contributed by atoms with Crippen LogP contribution in [0.5, 0.6) is 0 Å². The highest BCUT2D eigenvalue weighted by atomic mass is 32.2. The minimum atomic E-state index is -3.69. The molecule has 3 N–H and O–H groups in total. The molecule has 110 valence electrons. The maximum Gasteiger partial charge on any atom is 0.241 e. The summed E-state index contributed by atoms with van der Waals surface area (Å²) in [4.78, 5) is 0.266. The first-order chi connectivity index (χ1) is 9.90. The van der Waals surface area contributed by atoms with Crippen LogP contribution in [-0.4, -0.2) is 13.4 Å². The Morgan fingerprint density at radius 3 is 2.19 bits per heavy atom. The van der Waals surface area contributed by atoms with Crippen LogP contribution in [0.3, 0.4) is 0 Å². The van der Waals surface area contributed by atoms with Gasteiger partial charge < -0.3 is 5.73 Å². The fourth-order valence-electron chi connectivity index (χ4n) is 1.88. The third kappa shape index (κ3) is 3.87. The Balaban J connectivity index is 2.32. The highest BCUT2D eigenvalue weighted by Crippen LogP contribution is 2.18. The van der Waals surface area contributed by atoms with Gasteiger partial charge in [0.05, 0.1) is 15.9 Å². The van der Waals surface area contributed by atoms with Crippen molar-refractivity contribution in [1.29, 1.82) is 0 Å². The average Bonchev–Trinajstić information content (AvgIpc) is 2.46. The van der Waals surface area contributed by atoms with E-state index in [9.17, 15) is 8.42 Å². The minimum Gasteiger partial charge on any atom is -0.392 e. The molecule has 1 atom stereocenters. The van der Waals surface area contributed by atoms with Gasteiger partial charge in [0, 0.05) is 0 Å². The molecule has 0 fully saturated rings. The van der Waals surface area contributed by atoms with Crippen molar-refractivity contribution in [3.8, 4) is 0 Å². The first-order valence-corrected chi connectivity index (χ1v) is 8.22. The molecule has 2 rings (SSSR count). The smallest absolute Gasteiger partial charge is 0.241 e. The van der Waals surface area contributed by atoms with Gasteiger partial charge in [0.15, 0.2) is 0 Å². The summed E-state index contributed by atoms with van der Waals surface area (Å²) < 4.78 is 27.4. The fourth-order valence-corrected chi connectivity index (χ4v) is 3.35. The highest BCUT2D eigenvalue weighted by Gasteiger charge is 2.23. The minimum absolute atomic E-state index is 0.0805. The summed E-state index contributed by atoms with van der Waals surface area (Å²) in [5.74, 6) is 0. The van der Waals surface area contributed by atoms with E-state index in [2.05, 4.69) is 4.72 Å². The zero-order chi connectivity index (χ0) is 15.5. The van der Waals surface area contributed by atoms with Crippen LogP contribution >= 0.6 is 12.2 Å². The van der Waals surface area contributed by atoms with E-state index in [0.29, 0.717) is 5.56 Å². The summed E-state index contributed by atoms with van der Waals surface area (Å²) in [6.07, 6.45) is 0. The van der Waals surface area contributed by atoms with Gasteiger partial charge in [-0.1, -0.05) is 60.2 Å². The molecule has 0 bridgehead atoms. The summed E-state index contributed by atoms with van der Waals surface area (Å²) in [6, 6.07) is 14.9. The van der Waals surface area contributed by atoms with Gasteiger partial charge in [-0.05, 0) is 24.6 Å². The summed E-state index contributed by atoms with van der Waals surface area (Å²) >= 11 is 4.99. The molecule has 0 spiro atoms. The Morgan fingerprint density at radius 2 is 1.67 bits per heavy atom. The van der Waals surface area contributed by atoms with E-state index in [4.69, 9.17) is 18.0 Å². The lowest BCUT2D eigenvalue weighted by atomic mass is 10.1. The summed E-state index contributed by atoms with van der Waals surface area (Å²) in [7, 11) is -3.69. The number of nitrogens with two attached hydrogens (primary N) is 1. The van der Waals surface area contributed by atoms with Crippen LogP contribution in [0, 0.1) is 6.92 Å². The Bertz CT molecular complexity index is 726. The van der Waals surface area contributed by atoms with Gasteiger partial charge in [-0.3, -0.25) is 0 Å². The maximum absolute atomic E-state index is 12.4. The molecule has 21 heavy (non-hydrogen) atoms. The molecule has 2 aromatic carbocycles. The van der Waals surface area contributed by atoms with Crippen molar-refractivity contribution in [2.45, 2.75) is 17.9 Å². The summed E-state index contributed by atoms with van der Waals surface area (Å²) in [6.45, 7) is 1.89. The van der Waals surface area contributed by atoms with Crippen molar-refractivity contribution in [3.05, 3.63) is 65.7 Å². The van der Waals surface area contributed by atoms with Gasteiger partial charge in [0.25, 0.3) is 0 Å². The second kappa shape index (κ2) is 6.34. The highest BCUT2D eigenvalue weighted by molar-refractivity contribution is 7.89. The molecular formula is C15H16N2O2S2. The Kier molecular flexibility index (Phi) is 4.72. The van der Waals surface area contributed by atoms with Crippen LogP contribution in [0.1, 0.15) is 17.2 Å². The second-order valence-electron chi connectivity index (χ2n) is 4.68. The van der Waals surface area contributed by atoms with E-state index in [1.165, 1.54) is 0 Å². The first kappa shape index (κ1) is 15.6. The number of hydrogen-bond donors (Lipinski definition) is 2. The van der Waals surface area contributed by atoms with Crippen LogP contribution in [0.4, 0.5) is 0 Å². The summed E-state index contributed by atoms with van der Waals surface area (Å²) in [5.41, 5.74) is 7.38. The normalized spacial score (nSPS) is 12.8. The number of sulfonamides is 1. The van der Waals surface area contributed by atoms with Gasteiger partial charge in [-0.2, -0.15) is 4.72 Å². The first-order valence-electron chi connectivity index (χ1n) is 6.33. The number of benzene rings is 2. The molecule has 2 aromatic rings. The van der Waals surface area contributed by atoms with Gasteiger partial charge >= 0.3 is 0 Å². The van der Waals surface area contributed by atoms with Crippen molar-refractivity contribution in [1.82, 2.24) is 4.72 Å². The van der Waals surface area contributed by atoms with Crippen molar-refractivity contribution >= 4 is 27.2 Å². The molecule has 0 heterocycles. The van der Waals surface area contributed by atoms with E-state index in [0.717, 1.165) is 5.56 Å². The Morgan fingerprint density at radius 1 is 1.10 bits per heavy atom. The van der Waals surface area contributed by atoms with Crippen molar-refractivity contribution in [3.63, 3.8) is 0 Å². The standard InChI is InChI=1S/C15H16N2O2S2/c1-11-7-9-13(10-8-11)21(18,19)17-14(15(16)20)12-5-3-2-4-6-12/h2-10,14,17H,1H3,(H2,16,20). The fraction of sp³-hybridized carbons (Fsp3) is 0.133. The average molecular weight is 320 g/mol. The van der Waals surface area contributed by atoms with Gasteiger partial charge in [0.2, 0.25) is 10.0 Å². The van der Waals surface area contributed by atoms with E-state index in [-0.39, 0.29) is 9.88 Å². The molecular weight excluding hydrogens is 304 g/mol. The van der Waals surface area contributed by atoms with Gasteiger partial charge in [-0.15, -0.1) is 0 Å². The van der Waals surface area contributed by atoms with Crippen LogP contribution in [0.15, 0.2) is 59.5 Å². The van der Waals surface area contributed by atoms with Crippen LogP contribution in [0.25, 0.3) is 0 Å². The van der Waals surface area contributed by atoms with E-state index >= 15 is 0 Å². The Labute approximate surface area is 130 Å². The van der Waals surface area contributed by atoms with Crippen LogP contribution in [0.2, 0.25) is 0 Å². The molecule has 6 heteroatoms. The van der Waals surface area contributed by atoms with Crippen molar-refractivity contribution < 1.29 is 8.42 Å². The number of thiocarbonyl (C=S) groups is 1. The third-order valence-electron chi connectivity index (χ3n) is 3.02. The number of nitrogens with one attached hydrogen (secondary N) is 1. The molecule has 0 aliphatic rings. The number of aryl methyl sites for hydroxylation is 1. The van der Waals surface area contributed by atoms with Crippen molar-refractivity contribution in [2.24, 2.45) is 5.73 Å². The number of rotatable bonds is 5. The Hall–Kier alpha value is -1.76. The predicted molar refractivity (Wildman–Crippen MR) is 87.5 cm³/mol.